The molecule has 0 amide bonds. The van der Waals surface area contributed by atoms with E-state index in [1.54, 1.807) is 0 Å². The average Bonchev–Trinajstić information content (AvgIpc) is 2.93. The van der Waals surface area contributed by atoms with Gasteiger partial charge in [0.1, 0.15) is 0 Å². The Labute approximate surface area is 122 Å². The zero-order valence-corrected chi connectivity index (χ0v) is 13.1. The highest BCUT2D eigenvalue weighted by Gasteiger charge is 2.24. The normalized spacial score (nSPS) is 16.1. The zero-order chi connectivity index (χ0) is 14.5. The Balaban J connectivity index is 2.18. The molecule has 1 aromatic rings. The Morgan fingerprint density at radius 2 is 2.05 bits per heavy atom. The first-order chi connectivity index (χ1) is 9.61. The monoisotopic (exact) mass is 276 g/mol. The molecule has 20 heavy (non-hydrogen) atoms. The molecule has 0 aliphatic heterocycles. The Hall–Kier alpha value is -1.16. The Morgan fingerprint density at radius 1 is 1.35 bits per heavy atom. The molecule has 1 saturated carbocycles. The van der Waals surface area contributed by atoms with E-state index in [0.29, 0.717) is 18.5 Å². The largest absolute Gasteiger partial charge is 0.338 e. The van der Waals surface area contributed by atoms with Crippen molar-refractivity contribution in [2.75, 3.05) is 11.4 Å². The topological polar surface area (TPSA) is 55.0 Å². The summed E-state index contributed by atoms with van der Waals surface area (Å²) in [6.45, 7) is 8.15. The number of aromatic nitrogens is 2. The van der Waals surface area contributed by atoms with Crippen LogP contribution >= 0.6 is 0 Å². The fourth-order valence-corrected chi connectivity index (χ4v) is 2.88. The lowest BCUT2D eigenvalue weighted by Gasteiger charge is -2.30. The minimum Gasteiger partial charge on any atom is -0.338 e. The summed E-state index contributed by atoms with van der Waals surface area (Å²) in [5, 5.41) is 0. The Kier molecular flexibility index (Phi) is 5.35. The molecule has 0 radical (unpaired) electrons. The molecule has 4 nitrogen and oxygen atoms in total. The smallest absolute Gasteiger partial charge is 0.225 e. The fourth-order valence-electron chi connectivity index (χ4n) is 2.88. The van der Waals surface area contributed by atoms with Crippen molar-refractivity contribution >= 4 is 5.95 Å². The van der Waals surface area contributed by atoms with E-state index in [9.17, 15) is 0 Å². The van der Waals surface area contributed by atoms with Gasteiger partial charge in [-0.3, -0.25) is 0 Å². The first kappa shape index (κ1) is 15.2. The highest BCUT2D eigenvalue weighted by atomic mass is 15.3. The van der Waals surface area contributed by atoms with Crippen molar-refractivity contribution in [2.24, 2.45) is 11.7 Å². The number of hydrogen-bond donors (Lipinski definition) is 1. The molecule has 2 N–H and O–H groups in total. The molecule has 0 spiro atoms. The molecule has 4 heteroatoms. The molecule has 1 aliphatic carbocycles. The summed E-state index contributed by atoms with van der Waals surface area (Å²) in [4.78, 5) is 11.7. The van der Waals surface area contributed by atoms with E-state index in [1.807, 2.05) is 13.1 Å². The lowest BCUT2D eigenvalue weighted by molar-refractivity contribution is 0.520. The summed E-state index contributed by atoms with van der Waals surface area (Å²) >= 11 is 0. The van der Waals surface area contributed by atoms with Gasteiger partial charge in [-0.25, -0.2) is 9.97 Å². The predicted molar refractivity (Wildman–Crippen MR) is 83.7 cm³/mol. The van der Waals surface area contributed by atoms with Gasteiger partial charge in [0, 0.05) is 36.6 Å². The van der Waals surface area contributed by atoms with Crippen LogP contribution in [-0.2, 0) is 6.54 Å². The fraction of sp³-hybridized carbons (Fsp3) is 0.750. The van der Waals surface area contributed by atoms with Crippen LogP contribution in [0.15, 0.2) is 6.20 Å². The van der Waals surface area contributed by atoms with Crippen molar-refractivity contribution in [3.05, 3.63) is 17.5 Å². The van der Waals surface area contributed by atoms with Crippen molar-refractivity contribution in [3.63, 3.8) is 0 Å². The van der Waals surface area contributed by atoms with Crippen LogP contribution in [0.4, 0.5) is 5.95 Å². The molecule has 1 heterocycles. The highest BCUT2D eigenvalue weighted by molar-refractivity contribution is 5.34. The maximum Gasteiger partial charge on any atom is 0.225 e. The molecule has 0 unspecified atom stereocenters. The molecule has 1 fully saturated rings. The summed E-state index contributed by atoms with van der Waals surface area (Å²) in [6.07, 6.45) is 8.32. The molecule has 112 valence electrons. The predicted octanol–water partition coefficient (Wildman–Crippen LogP) is 3.04. The van der Waals surface area contributed by atoms with Gasteiger partial charge < -0.3 is 10.6 Å². The van der Waals surface area contributed by atoms with E-state index < -0.39 is 0 Å². The van der Waals surface area contributed by atoms with Gasteiger partial charge in [-0.2, -0.15) is 0 Å². The SMILES string of the molecule is Cc1nc(N(CCC(C)C)C2CCCC2)ncc1CN. The Morgan fingerprint density at radius 3 is 2.60 bits per heavy atom. The van der Waals surface area contributed by atoms with Crippen LogP contribution in [0.1, 0.15) is 57.2 Å². The number of aryl methyl sites for hydroxylation is 1. The van der Waals surface area contributed by atoms with Gasteiger partial charge in [-0.15, -0.1) is 0 Å². The summed E-state index contributed by atoms with van der Waals surface area (Å²) in [5.41, 5.74) is 7.77. The second kappa shape index (κ2) is 7.02. The van der Waals surface area contributed by atoms with Gasteiger partial charge in [-0.1, -0.05) is 26.7 Å². The third-order valence-corrected chi connectivity index (χ3v) is 4.26. The standard InChI is InChI=1S/C16H28N4/c1-12(2)8-9-20(15-6-4-5-7-15)16-18-11-14(10-17)13(3)19-16/h11-12,15H,4-10,17H2,1-3H3. The maximum absolute atomic E-state index is 5.70. The van der Waals surface area contributed by atoms with E-state index in [1.165, 1.54) is 32.1 Å². The number of anilines is 1. The van der Waals surface area contributed by atoms with E-state index in [-0.39, 0.29) is 0 Å². The molecule has 0 saturated heterocycles. The van der Waals surface area contributed by atoms with E-state index in [4.69, 9.17) is 10.7 Å². The second-order valence-electron chi connectivity index (χ2n) is 6.30. The summed E-state index contributed by atoms with van der Waals surface area (Å²) in [7, 11) is 0. The molecular formula is C16H28N4. The van der Waals surface area contributed by atoms with Crippen LogP contribution in [0.2, 0.25) is 0 Å². The molecule has 2 rings (SSSR count). The quantitative estimate of drug-likeness (QED) is 0.867. The average molecular weight is 276 g/mol. The summed E-state index contributed by atoms with van der Waals surface area (Å²) < 4.78 is 0. The lowest BCUT2D eigenvalue weighted by atomic mass is 10.1. The van der Waals surface area contributed by atoms with Gasteiger partial charge in [0.05, 0.1) is 0 Å². The summed E-state index contributed by atoms with van der Waals surface area (Å²) in [6, 6.07) is 0.622. The molecular weight excluding hydrogens is 248 g/mol. The van der Waals surface area contributed by atoms with Crippen LogP contribution in [-0.4, -0.2) is 22.6 Å². The summed E-state index contributed by atoms with van der Waals surface area (Å²) in [5.74, 6) is 1.61. The van der Waals surface area contributed by atoms with Crippen molar-refractivity contribution in [1.29, 1.82) is 0 Å². The van der Waals surface area contributed by atoms with Gasteiger partial charge in [0.15, 0.2) is 0 Å². The minimum absolute atomic E-state index is 0.515. The van der Waals surface area contributed by atoms with E-state index >= 15 is 0 Å². The van der Waals surface area contributed by atoms with E-state index in [0.717, 1.165) is 23.8 Å². The Bertz CT molecular complexity index is 424. The van der Waals surface area contributed by atoms with Crippen molar-refractivity contribution in [1.82, 2.24) is 9.97 Å². The van der Waals surface area contributed by atoms with Crippen LogP contribution in [0, 0.1) is 12.8 Å². The van der Waals surface area contributed by atoms with Gasteiger partial charge in [0.2, 0.25) is 5.95 Å². The third-order valence-electron chi connectivity index (χ3n) is 4.26. The first-order valence-electron chi connectivity index (χ1n) is 7.91. The number of rotatable bonds is 6. The van der Waals surface area contributed by atoms with Crippen LogP contribution < -0.4 is 10.6 Å². The number of nitrogens with zero attached hydrogens (tertiary/aromatic N) is 3. The molecule has 1 aliphatic rings. The van der Waals surface area contributed by atoms with Gasteiger partial charge >= 0.3 is 0 Å². The first-order valence-corrected chi connectivity index (χ1v) is 7.91. The van der Waals surface area contributed by atoms with Gasteiger partial charge in [-0.05, 0) is 32.1 Å². The lowest BCUT2D eigenvalue weighted by Crippen LogP contribution is -2.36. The molecule has 0 aromatic carbocycles. The van der Waals surface area contributed by atoms with Crippen LogP contribution in [0.3, 0.4) is 0 Å². The maximum atomic E-state index is 5.70. The second-order valence-corrected chi connectivity index (χ2v) is 6.30. The highest BCUT2D eigenvalue weighted by Crippen LogP contribution is 2.27. The molecule has 1 aromatic heterocycles. The van der Waals surface area contributed by atoms with Gasteiger partial charge in [0.25, 0.3) is 0 Å². The van der Waals surface area contributed by atoms with Crippen LogP contribution in [0.25, 0.3) is 0 Å². The zero-order valence-electron chi connectivity index (χ0n) is 13.1. The number of nitrogens with two attached hydrogens (primary N) is 1. The van der Waals surface area contributed by atoms with Crippen molar-refractivity contribution in [2.45, 2.75) is 65.5 Å². The minimum atomic E-state index is 0.515. The third kappa shape index (κ3) is 3.69. The van der Waals surface area contributed by atoms with E-state index in [2.05, 4.69) is 23.7 Å². The molecule has 0 atom stereocenters. The van der Waals surface area contributed by atoms with Crippen molar-refractivity contribution < 1.29 is 0 Å². The van der Waals surface area contributed by atoms with Crippen molar-refractivity contribution in [3.8, 4) is 0 Å². The van der Waals surface area contributed by atoms with Crippen LogP contribution in [0.5, 0.6) is 0 Å². The molecule has 0 bridgehead atoms. The number of hydrogen-bond acceptors (Lipinski definition) is 4.